The van der Waals surface area contributed by atoms with Crippen molar-refractivity contribution < 1.29 is 0 Å². The van der Waals surface area contributed by atoms with Crippen LogP contribution in [0.5, 0.6) is 0 Å². The SMILES string of the molecule is C[C](C)CNNC(C)C. The molecule has 1 radical (unpaired) electrons. The summed E-state index contributed by atoms with van der Waals surface area (Å²) in [5.41, 5.74) is 6.20. The Labute approximate surface area is 58.0 Å². The van der Waals surface area contributed by atoms with Crippen LogP contribution in [0.4, 0.5) is 0 Å². The minimum Gasteiger partial charge on any atom is -0.257 e. The van der Waals surface area contributed by atoms with Crippen LogP contribution in [0.25, 0.3) is 0 Å². The first kappa shape index (κ1) is 8.92. The van der Waals surface area contributed by atoms with E-state index in [0.717, 1.165) is 6.54 Å². The molecular weight excluding hydrogens is 112 g/mol. The molecule has 0 saturated carbocycles. The standard InChI is InChI=1S/C7H17N2/c1-6(2)5-8-9-7(3)4/h7-9H,5H2,1-4H3. The van der Waals surface area contributed by atoms with Crippen LogP contribution in [0.2, 0.25) is 0 Å². The number of hydrogen-bond acceptors (Lipinski definition) is 2. The molecular formula is C7H17N2. The summed E-state index contributed by atoms with van der Waals surface area (Å²) >= 11 is 0. The molecule has 0 atom stereocenters. The molecule has 2 heteroatoms. The first-order chi connectivity index (χ1) is 4.13. The highest BCUT2D eigenvalue weighted by Gasteiger charge is 1.92. The van der Waals surface area contributed by atoms with E-state index in [2.05, 4.69) is 38.5 Å². The second-order valence-electron chi connectivity index (χ2n) is 2.86. The molecule has 0 bridgehead atoms. The van der Waals surface area contributed by atoms with Gasteiger partial charge in [-0.25, -0.2) is 0 Å². The summed E-state index contributed by atoms with van der Waals surface area (Å²) in [6.07, 6.45) is 0. The van der Waals surface area contributed by atoms with Crippen molar-refractivity contribution in [3.63, 3.8) is 0 Å². The van der Waals surface area contributed by atoms with Crippen LogP contribution in [0.3, 0.4) is 0 Å². The number of hydrazine groups is 1. The molecule has 0 aliphatic heterocycles. The van der Waals surface area contributed by atoms with E-state index >= 15 is 0 Å². The maximum atomic E-state index is 3.11. The molecule has 0 aromatic heterocycles. The monoisotopic (exact) mass is 129 g/mol. The number of hydrogen-bond donors (Lipinski definition) is 2. The number of rotatable bonds is 4. The van der Waals surface area contributed by atoms with Crippen molar-refractivity contribution in [1.29, 1.82) is 0 Å². The third-order valence-electron chi connectivity index (χ3n) is 0.833. The molecule has 2 N–H and O–H groups in total. The summed E-state index contributed by atoms with van der Waals surface area (Å²) in [4.78, 5) is 0. The summed E-state index contributed by atoms with van der Waals surface area (Å²) < 4.78 is 0. The second-order valence-corrected chi connectivity index (χ2v) is 2.86. The average Bonchev–Trinajstić information content (AvgIpc) is 1.63. The van der Waals surface area contributed by atoms with Crippen molar-refractivity contribution in [3.8, 4) is 0 Å². The van der Waals surface area contributed by atoms with Crippen molar-refractivity contribution in [2.45, 2.75) is 33.7 Å². The topological polar surface area (TPSA) is 24.1 Å². The van der Waals surface area contributed by atoms with Crippen LogP contribution in [-0.2, 0) is 0 Å². The van der Waals surface area contributed by atoms with Gasteiger partial charge in [0.15, 0.2) is 0 Å². The van der Waals surface area contributed by atoms with Gasteiger partial charge in [0.2, 0.25) is 0 Å². The first-order valence-corrected chi connectivity index (χ1v) is 3.40. The number of nitrogens with one attached hydrogen (secondary N) is 2. The Kier molecular flexibility index (Phi) is 4.72. The lowest BCUT2D eigenvalue weighted by molar-refractivity contribution is 0.481. The van der Waals surface area contributed by atoms with Crippen molar-refractivity contribution in [2.24, 2.45) is 0 Å². The highest BCUT2D eigenvalue weighted by atomic mass is 15.4. The largest absolute Gasteiger partial charge is 0.257 e. The summed E-state index contributed by atoms with van der Waals surface area (Å²) in [6, 6.07) is 0.518. The van der Waals surface area contributed by atoms with Gasteiger partial charge in [-0.15, -0.1) is 0 Å². The molecule has 0 aliphatic carbocycles. The Morgan fingerprint density at radius 3 is 2.22 bits per heavy atom. The Morgan fingerprint density at radius 2 is 1.89 bits per heavy atom. The quantitative estimate of drug-likeness (QED) is 0.555. The smallest absolute Gasteiger partial charge is 0.0157 e. The zero-order valence-electron chi connectivity index (χ0n) is 6.78. The van der Waals surface area contributed by atoms with Crippen LogP contribution in [0.15, 0.2) is 0 Å². The van der Waals surface area contributed by atoms with Gasteiger partial charge in [-0.05, 0) is 19.8 Å². The fourth-order valence-electron chi connectivity index (χ4n) is 0.432. The Hall–Kier alpha value is -0.0800. The molecule has 0 unspecified atom stereocenters. The van der Waals surface area contributed by atoms with Crippen molar-refractivity contribution in [3.05, 3.63) is 5.92 Å². The van der Waals surface area contributed by atoms with Crippen LogP contribution < -0.4 is 10.9 Å². The average molecular weight is 129 g/mol. The normalized spacial score (nSPS) is 11.3. The second kappa shape index (κ2) is 4.77. The van der Waals surface area contributed by atoms with Crippen LogP contribution in [0.1, 0.15) is 27.7 Å². The third-order valence-corrected chi connectivity index (χ3v) is 0.833. The molecule has 0 aliphatic rings. The minimum absolute atomic E-state index is 0.518. The van der Waals surface area contributed by atoms with E-state index in [9.17, 15) is 0 Å². The fraction of sp³-hybridized carbons (Fsp3) is 0.857. The Morgan fingerprint density at radius 1 is 1.33 bits per heavy atom. The molecule has 0 saturated heterocycles. The predicted octanol–water partition coefficient (Wildman–Crippen LogP) is 1.10. The minimum atomic E-state index is 0.518. The van der Waals surface area contributed by atoms with Crippen LogP contribution in [0, 0.1) is 5.92 Å². The van der Waals surface area contributed by atoms with E-state index in [4.69, 9.17) is 0 Å². The fourth-order valence-corrected chi connectivity index (χ4v) is 0.432. The summed E-state index contributed by atoms with van der Waals surface area (Å²) in [6.45, 7) is 9.39. The molecule has 0 fully saturated rings. The summed E-state index contributed by atoms with van der Waals surface area (Å²) in [5, 5.41) is 0. The van der Waals surface area contributed by atoms with E-state index < -0.39 is 0 Å². The Balaban J connectivity index is 2.91. The maximum absolute atomic E-state index is 3.11. The molecule has 55 valence electrons. The lowest BCUT2D eigenvalue weighted by Crippen LogP contribution is -2.38. The highest BCUT2D eigenvalue weighted by Crippen LogP contribution is 1.88. The molecule has 0 aromatic rings. The maximum Gasteiger partial charge on any atom is 0.0157 e. The van der Waals surface area contributed by atoms with E-state index in [0.29, 0.717) is 6.04 Å². The van der Waals surface area contributed by atoms with Gasteiger partial charge >= 0.3 is 0 Å². The molecule has 0 rings (SSSR count). The lowest BCUT2D eigenvalue weighted by Gasteiger charge is -2.10. The highest BCUT2D eigenvalue weighted by molar-refractivity contribution is 4.78. The van der Waals surface area contributed by atoms with Gasteiger partial charge in [-0.2, -0.15) is 0 Å². The van der Waals surface area contributed by atoms with Gasteiger partial charge in [-0.1, -0.05) is 13.8 Å². The van der Waals surface area contributed by atoms with Gasteiger partial charge in [0.1, 0.15) is 0 Å². The molecule has 0 heterocycles. The predicted molar refractivity (Wildman–Crippen MR) is 40.9 cm³/mol. The zero-order valence-corrected chi connectivity index (χ0v) is 6.78. The van der Waals surface area contributed by atoms with Gasteiger partial charge in [0.25, 0.3) is 0 Å². The van der Waals surface area contributed by atoms with E-state index in [1.54, 1.807) is 0 Å². The molecule has 2 nitrogen and oxygen atoms in total. The van der Waals surface area contributed by atoms with Gasteiger partial charge in [0.05, 0.1) is 0 Å². The first-order valence-electron chi connectivity index (χ1n) is 3.40. The van der Waals surface area contributed by atoms with Crippen molar-refractivity contribution >= 4 is 0 Å². The molecule has 0 amide bonds. The summed E-state index contributed by atoms with van der Waals surface area (Å²) in [7, 11) is 0. The van der Waals surface area contributed by atoms with E-state index in [1.165, 1.54) is 5.92 Å². The van der Waals surface area contributed by atoms with Crippen molar-refractivity contribution in [2.75, 3.05) is 6.54 Å². The molecule has 0 aromatic carbocycles. The van der Waals surface area contributed by atoms with Gasteiger partial charge in [-0.3, -0.25) is 10.9 Å². The lowest BCUT2D eigenvalue weighted by atomic mass is 10.2. The van der Waals surface area contributed by atoms with Crippen LogP contribution in [-0.4, -0.2) is 12.6 Å². The van der Waals surface area contributed by atoms with Crippen molar-refractivity contribution in [1.82, 2.24) is 10.9 Å². The molecule has 0 spiro atoms. The Bertz CT molecular complexity index is 51.9. The third kappa shape index (κ3) is 7.92. The van der Waals surface area contributed by atoms with E-state index in [-0.39, 0.29) is 0 Å². The van der Waals surface area contributed by atoms with Crippen LogP contribution >= 0.6 is 0 Å². The molecule has 9 heavy (non-hydrogen) atoms. The van der Waals surface area contributed by atoms with Gasteiger partial charge in [0, 0.05) is 12.6 Å². The summed E-state index contributed by atoms with van der Waals surface area (Å²) in [5.74, 6) is 1.39. The van der Waals surface area contributed by atoms with Gasteiger partial charge < -0.3 is 0 Å². The zero-order chi connectivity index (χ0) is 7.28. The van der Waals surface area contributed by atoms with E-state index in [1.807, 2.05) is 0 Å².